The molecule has 0 aliphatic carbocycles. The standard InChI is InChI=1S/C22H21N3O2/c26-21-15-8-2-4-10-17(15)23-20(21)19-16-9-3-5-11-18(16)25(22(19)27)14-24-12-6-1-7-13-24/h2-5,8-11,23H,1,6-7,12-14H2/b20-19-. The Morgan fingerprint density at radius 2 is 1.56 bits per heavy atom. The van der Waals surface area contributed by atoms with Gasteiger partial charge in [0, 0.05) is 16.8 Å². The van der Waals surface area contributed by atoms with Crippen molar-refractivity contribution in [2.45, 2.75) is 19.3 Å². The average Bonchev–Trinajstić information content (AvgIpc) is 3.18. The quantitative estimate of drug-likeness (QED) is 0.834. The smallest absolute Gasteiger partial charge is 0.262 e. The molecule has 3 heterocycles. The maximum Gasteiger partial charge on any atom is 0.262 e. The van der Waals surface area contributed by atoms with Crippen LogP contribution in [0.1, 0.15) is 35.2 Å². The third-order valence-corrected chi connectivity index (χ3v) is 5.62. The molecule has 3 aliphatic heterocycles. The minimum Gasteiger partial charge on any atom is -0.351 e. The van der Waals surface area contributed by atoms with Gasteiger partial charge in [-0.3, -0.25) is 19.4 Å². The van der Waals surface area contributed by atoms with Gasteiger partial charge < -0.3 is 5.32 Å². The van der Waals surface area contributed by atoms with Gasteiger partial charge in [-0.15, -0.1) is 0 Å². The highest BCUT2D eigenvalue weighted by Gasteiger charge is 2.39. The van der Waals surface area contributed by atoms with E-state index in [0.29, 0.717) is 23.5 Å². The van der Waals surface area contributed by atoms with E-state index in [0.717, 1.165) is 30.0 Å². The van der Waals surface area contributed by atoms with E-state index >= 15 is 0 Å². The molecule has 0 atom stereocenters. The molecule has 1 saturated heterocycles. The second kappa shape index (κ2) is 6.35. The van der Waals surface area contributed by atoms with Crippen molar-refractivity contribution in [1.82, 2.24) is 4.90 Å². The number of hydrogen-bond acceptors (Lipinski definition) is 4. The Bertz CT molecular complexity index is 973. The summed E-state index contributed by atoms with van der Waals surface area (Å²) in [5.41, 5.74) is 4.01. The minimum absolute atomic E-state index is 0.0922. The van der Waals surface area contributed by atoms with E-state index < -0.39 is 0 Å². The molecule has 0 spiro atoms. The molecule has 27 heavy (non-hydrogen) atoms. The maximum atomic E-state index is 13.4. The van der Waals surface area contributed by atoms with Gasteiger partial charge in [0.15, 0.2) is 0 Å². The fraction of sp³-hybridized carbons (Fsp3) is 0.273. The number of hydrogen-bond donors (Lipinski definition) is 1. The highest BCUT2D eigenvalue weighted by molar-refractivity contribution is 6.39. The summed E-state index contributed by atoms with van der Waals surface area (Å²) < 4.78 is 0. The fourth-order valence-corrected chi connectivity index (χ4v) is 4.26. The van der Waals surface area contributed by atoms with Crippen LogP contribution in [0.3, 0.4) is 0 Å². The monoisotopic (exact) mass is 359 g/mol. The minimum atomic E-state index is -0.108. The van der Waals surface area contributed by atoms with Crippen molar-refractivity contribution >= 4 is 28.6 Å². The van der Waals surface area contributed by atoms with Gasteiger partial charge >= 0.3 is 0 Å². The van der Waals surface area contributed by atoms with Crippen molar-refractivity contribution in [3.63, 3.8) is 0 Å². The number of ketones is 1. The average molecular weight is 359 g/mol. The molecule has 5 nitrogen and oxygen atoms in total. The number of Topliss-reactive ketones (excluding diaryl/α,β-unsaturated/α-hetero) is 1. The summed E-state index contributed by atoms with van der Waals surface area (Å²) in [4.78, 5) is 30.4. The molecule has 0 aromatic heterocycles. The molecule has 2 aromatic rings. The van der Waals surface area contributed by atoms with Crippen molar-refractivity contribution in [2.24, 2.45) is 0 Å². The van der Waals surface area contributed by atoms with E-state index in [2.05, 4.69) is 10.2 Å². The van der Waals surface area contributed by atoms with Crippen molar-refractivity contribution < 1.29 is 9.59 Å². The van der Waals surface area contributed by atoms with Crippen LogP contribution in [0.15, 0.2) is 54.2 Å². The van der Waals surface area contributed by atoms with Gasteiger partial charge in [-0.05, 0) is 44.1 Å². The lowest BCUT2D eigenvalue weighted by molar-refractivity contribution is -0.113. The number of benzene rings is 2. The van der Waals surface area contributed by atoms with Gasteiger partial charge in [-0.25, -0.2) is 0 Å². The normalized spacial score (nSPS) is 22.0. The molecule has 0 saturated carbocycles. The van der Waals surface area contributed by atoms with Gasteiger partial charge in [0.1, 0.15) is 5.70 Å². The van der Waals surface area contributed by atoms with Crippen molar-refractivity contribution in [3.8, 4) is 0 Å². The first-order valence-corrected chi connectivity index (χ1v) is 9.53. The van der Waals surface area contributed by atoms with Crippen LogP contribution in [-0.2, 0) is 4.79 Å². The van der Waals surface area contributed by atoms with Crippen LogP contribution in [0.25, 0.3) is 5.57 Å². The predicted molar refractivity (Wildman–Crippen MR) is 106 cm³/mol. The summed E-state index contributed by atoms with van der Waals surface area (Å²) in [6.07, 6.45) is 3.60. The summed E-state index contributed by atoms with van der Waals surface area (Å²) in [5, 5.41) is 3.19. The van der Waals surface area contributed by atoms with Crippen LogP contribution >= 0.6 is 0 Å². The van der Waals surface area contributed by atoms with Crippen LogP contribution < -0.4 is 10.2 Å². The summed E-state index contributed by atoms with van der Waals surface area (Å²) >= 11 is 0. The zero-order chi connectivity index (χ0) is 18.4. The molecule has 1 fully saturated rings. The van der Waals surface area contributed by atoms with Crippen molar-refractivity contribution in [2.75, 3.05) is 30.0 Å². The molecule has 3 aliphatic rings. The Kier molecular flexibility index (Phi) is 3.83. The Balaban J connectivity index is 1.56. The topological polar surface area (TPSA) is 52.7 Å². The van der Waals surface area contributed by atoms with E-state index in [-0.39, 0.29) is 11.7 Å². The molecule has 0 unspecified atom stereocenters. The zero-order valence-electron chi connectivity index (χ0n) is 15.1. The molecule has 0 radical (unpaired) electrons. The van der Waals surface area contributed by atoms with Crippen molar-refractivity contribution in [3.05, 3.63) is 65.4 Å². The fourth-order valence-electron chi connectivity index (χ4n) is 4.26. The van der Waals surface area contributed by atoms with Crippen LogP contribution in [0.4, 0.5) is 11.4 Å². The van der Waals surface area contributed by atoms with Crippen molar-refractivity contribution in [1.29, 1.82) is 0 Å². The van der Waals surface area contributed by atoms with Gasteiger partial charge in [0.25, 0.3) is 5.91 Å². The van der Waals surface area contributed by atoms with Gasteiger partial charge in [-0.1, -0.05) is 36.8 Å². The lowest BCUT2D eigenvalue weighted by Gasteiger charge is -2.30. The number of allylic oxidation sites excluding steroid dienone is 1. The van der Waals surface area contributed by atoms with Crippen LogP contribution in [0, 0.1) is 0 Å². The zero-order valence-corrected chi connectivity index (χ0v) is 15.1. The molecular formula is C22H21N3O2. The van der Waals surface area contributed by atoms with E-state index in [9.17, 15) is 9.59 Å². The highest BCUT2D eigenvalue weighted by Crippen LogP contribution is 2.41. The molecule has 5 rings (SSSR count). The number of likely N-dealkylation sites (tertiary alicyclic amines) is 1. The number of anilines is 2. The predicted octanol–water partition coefficient (Wildman–Crippen LogP) is 3.50. The summed E-state index contributed by atoms with van der Waals surface area (Å²) in [6.45, 7) is 2.61. The molecule has 1 N–H and O–H groups in total. The Hall–Kier alpha value is -2.92. The molecule has 2 aromatic carbocycles. The number of para-hydroxylation sites is 2. The van der Waals surface area contributed by atoms with Gasteiger partial charge in [0.05, 0.1) is 17.9 Å². The molecular weight excluding hydrogens is 338 g/mol. The summed E-state index contributed by atoms with van der Waals surface area (Å²) in [7, 11) is 0. The lowest BCUT2D eigenvalue weighted by atomic mass is 10.0. The van der Waals surface area contributed by atoms with E-state index in [1.54, 1.807) is 6.07 Å². The van der Waals surface area contributed by atoms with E-state index in [1.807, 2.05) is 47.4 Å². The largest absolute Gasteiger partial charge is 0.351 e. The first-order valence-electron chi connectivity index (χ1n) is 9.53. The molecule has 136 valence electrons. The third kappa shape index (κ3) is 2.58. The van der Waals surface area contributed by atoms with E-state index in [1.165, 1.54) is 19.3 Å². The second-order valence-electron chi connectivity index (χ2n) is 7.32. The van der Waals surface area contributed by atoms with Gasteiger partial charge in [-0.2, -0.15) is 0 Å². The maximum absolute atomic E-state index is 13.4. The number of nitrogens with zero attached hydrogens (tertiary/aromatic N) is 2. The Labute approximate surface area is 158 Å². The first kappa shape index (κ1) is 16.3. The number of fused-ring (bicyclic) bond motifs is 2. The molecule has 0 bridgehead atoms. The summed E-state index contributed by atoms with van der Waals surface area (Å²) in [6, 6.07) is 15.2. The van der Waals surface area contributed by atoms with E-state index in [4.69, 9.17) is 0 Å². The number of amides is 1. The number of nitrogens with one attached hydrogen (secondary N) is 1. The summed E-state index contributed by atoms with van der Waals surface area (Å²) in [5.74, 6) is -0.200. The lowest BCUT2D eigenvalue weighted by Crippen LogP contribution is -2.42. The van der Waals surface area contributed by atoms with Crippen LogP contribution in [0.2, 0.25) is 0 Å². The Morgan fingerprint density at radius 1 is 0.852 bits per heavy atom. The number of carbonyl (C=O) groups is 2. The highest BCUT2D eigenvalue weighted by atomic mass is 16.2. The third-order valence-electron chi connectivity index (χ3n) is 5.62. The molecule has 5 heteroatoms. The van der Waals surface area contributed by atoms with Crippen LogP contribution in [0.5, 0.6) is 0 Å². The number of piperidine rings is 1. The van der Waals surface area contributed by atoms with Gasteiger partial charge in [0.2, 0.25) is 5.78 Å². The number of rotatable bonds is 2. The van der Waals surface area contributed by atoms with Crippen LogP contribution in [-0.4, -0.2) is 36.3 Å². The SMILES string of the molecule is O=C1/C(=C2/C(=O)N(CN3CCCCC3)c3ccccc32)Nc2ccccc21. The molecule has 1 amide bonds. The second-order valence-corrected chi connectivity index (χ2v) is 7.32. The first-order chi connectivity index (χ1) is 13.2. The Morgan fingerprint density at radius 3 is 2.33 bits per heavy atom. The number of carbonyl (C=O) groups excluding carboxylic acids is 2.